The number of aliphatic hydroxyl groups is 1. The third-order valence-corrected chi connectivity index (χ3v) is 6.30. The van der Waals surface area contributed by atoms with Gasteiger partial charge in [-0.25, -0.2) is 4.98 Å². The second-order valence-electron chi connectivity index (χ2n) is 6.91. The lowest BCUT2D eigenvalue weighted by atomic mass is 9.95. The SMILES string of the molecule is Cc1nc(N2C(=O)C(=O)/C(=C(/O)c3ccc(Cl)cc3)C2c2cccc(O)c2)sc1C. The van der Waals surface area contributed by atoms with Crippen LogP contribution in [0.25, 0.3) is 5.76 Å². The Kier molecular flexibility index (Phi) is 5.09. The lowest BCUT2D eigenvalue weighted by Gasteiger charge is -2.23. The van der Waals surface area contributed by atoms with Crippen molar-refractivity contribution in [3.63, 3.8) is 0 Å². The van der Waals surface area contributed by atoms with Gasteiger partial charge in [-0.2, -0.15) is 0 Å². The van der Waals surface area contributed by atoms with E-state index in [2.05, 4.69) is 4.98 Å². The largest absolute Gasteiger partial charge is 0.508 e. The number of carbonyl (C=O) groups excluding carboxylic acids is 2. The number of Topliss-reactive ketones (excluding diaryl/α,β-unsaturated/α-hetero) is 1. The molecule has 1 amide bonds. The molecule has 1 aromatic heterocycles. The minimum absolute atomic E-state index is 0.0175. The molecule has 1 aliphatic heterocycles. The van der Waals surface area contributed by atoms with Gasteiger partial charge in [-0.3, -0.25) is 14.5 Å². The number of halogens is 1. The van der Waals surface area contributed by atoms with Crippen LogP contribution < -0.4 is 4.90 Å². The molecule has 8 heteroatoms. The van der Waals surface area contributed by atoms with Crippen LogP contribution in [0.15, 0.2) is 54.1 Å². The van der Waals surface area contributed by atoms with Gasteiger partial charge in [0, 0.05) is 15.5 Å². The zero-order valence-electron chi connectivity index (χ0n) is 16.1. The fourth-order valence-corrected chi connectivity index (χ4v) is 4.42. The summed E-state index contributed by atoms with van der Waals surface area (Å²) in [6, 6.07) is 11.6. The van der Waals surface area contributed by atoms with Crippen LogP contribution in [-0.4, -0.2) is 26.9 Å². The van der Waals surface area contributed by atoms with Gasteiger partial charge in [0.1, 0.15) is 11.5 Å². The summed E-state index contributed by atoms with van der Waals surface area (Å²) in [5.74, 6) is -1.93. The minimum atomic E-state index is -0.933. The Morgan fingerprint density at radius 1 is 1.13 bits per heavy atom. The Hall–Kier alpha value is -3.16. The third-order valence-electron chi connectivity index (χ3n) is 4.97. The van der Waals surface area contributed by atoms with Crippen LogP contribution in [0.4, 0.5) is 5.13 Å². The second kappa shape index (κ2) is 7.59. The molecule has 0 spiro atoms. The first-order chi connectivity index (χ1) is 14.3. The van der Waals surface area contributed by atoms with Gasteiger partial charge in [0.2, 0.25) is 0 Å². The number of hydrogen-bond donors (Lipinski definition) is 2. The highest BCUT2D eigenvalue weighted by molar-refractivity contribution is 7.16. The predicted molar refractivity (Wildman–Crippen MR) is 116 cm³/mol. The summed E-state index contributed by atoms with van der Waals surface area (Å²) in [5, 5.41) is 21.8. The molecule has 1 atom stereocenters. The smallest absolute Gasteiger partial charge is 0.301 e. The van der Waals surface area contributed by atoms with E-state index >= 15 is 0 Å². The minimum Gasteiger partial charge on any atom is -0.508 e. The molecule has 1 saturated heterocycles. The first-order valence-electron chi connectivity index (χ1n) is 9.08. The molecule has 3 aromatic rings. The number of aromatic hydroxyl groups is 1. The van der Waals surface area contributed by atoms with Crippen LogP contribution in [0, 0.1) is 13.8 Å². The number of phenols is 1. The summed E-state index contributed by atoms with van der Waals surface area (Å²) in [4.78, 5) is 32.7. The van der Waals surface area contributed by atoms with E-state index in [1.165, 1.54) is 28.4 Å². The molecule has 30 heavy (non-hydrogen) atoms. The van der Waals surface area contributed by atoms with Crippen molar-refractivity contribution in [3.8, 4) is 5.75 Å². The van der Waals surface area contributed by atoms with Crippen molar-refractivity contribution in [3.05, 3.63) is 80.8 Å². The number of phenolic OH excluding ortho intramolecular Hbond substituents is 1. The zero-order chi connectivity index (χ0) is 21.6. The number of benzene rings is 2. The van der Waals surface area contributed by atoms with Crippen LogP contribution >= 0.6 is 22.9 Å². The van der Waals surface area contributed by atoms with E-state index in [1.54, 1.807) is 36.4 Å². The van der Waals surface area contributed by atoms with Crippen LogP contribution in [0.2, 0.25) is 5.02 Å². The molecule has 0 bridgehead atoms. The van der Waals surface area contributed by atoms with E-state index in [0.29, 0.717) is 21.3 Å². The van der Waals surface area contributed by atoms with Crippen molar-refractivity contribution in [2.75, 3.05) is 4.90 Å². The fourth-order valence-electron chi connectivity index (χ4n) is 3.36. The average molecular weight is 441 g/mol. The van der Waals surface area contributed by atoms with Gasteiger partial charge in [0.25, 0.3) is 5.78 Å². The molecule has 2 aromatic carbocycles. The molecule has 2 N–H and O–H groups in total. The van der Waals surface area contributed by atoms with E-state index < -0.39 is 17.7 Å². The average Bonchev–Trinajstić information content (AvgIpc) is 3.18. The van der Waals surface area contributed by atoms with Crippen LogP contribution in [0.1, 0.15) is 27.7 Å². The van der Waals surface area contributed by atoms with E-state index in [-0.39, 0.29) is 17.1 Å². The fraction of sp³-hybridized carbons (Fsp3) is 0.136. The Balaban J connectivity index is 1.96. The maximum atomic E-state index is 13.0. The Morgan fingerprint density at radius 3 is 2.43 bits per heavy atom. The summed E-state index contributed by atoms with van der Waals surface area (Å²) >= 11 is 7.22. The number of ketones is 1. The summed E-state index contributed by atoms with van der Waals surface area (Å²) in [6.45, 7) is 3.70. The van der Waals surface area contributed by atoms with Crippen LogP contribution in [0.3, 0.4) is 0 Å². The van der Waals surface area contributed by atoms with Crippen LogP contribution in [0.5, 0.6) is 5.75 Å². The zero-order valence-corrected chi connectivity index (χ0v) is 17.7. The van der Waals surface area contributed by atoms with E-state index in [1.807, 2.05) is 13.8 Å². The number of aliphatic hydroxyl groups excluding tert-OH is 1. The van der Waals surface area contributed by atoms with E-state index in [4.69, 9.17) is 11.6 Å². The topological polar surface area (TPSA) is 90.7 Å². The second-order valence-corrected chi connectivity index (χ2v) is 8.53. The van der Waals surface area contributed by atoms with E-state index in [0.717, 1.165) is 10.6 Å². The first-order valence-corrected chi connectivity index (χ1v) is 10.3. The Morgan fingerprint density at radius 2 is 1.83 bits per heavy atom. The van der Waals surface area contributed by atoms with Crippen molar-refractivity contribution in [1.82, 2.24) is 4.98 Å². The molecule has 152 valence electrons. The molecule has 0 radical (unpaired) electrons. The molecule has 4 rings (SSSR count). The molecule has 1 unspecified atom stereocenters. The molecule has 1 aliphatic rings. The Labute approximate surface area is 181 Å². The van der Waals surface area contributed by atoms with Gasteiger partial charge >= 0.3 is 5.91 Å². The van der Waals surface area contributed by atoms with Crippen molar-refractivity contribution >= 4 is 45.5 Å². The molecule has 1 fully saturated rings. The summed E-state index contributed by atoms with van der Waals surface area (Å²) in [5.41, 5.74) is 1.52. The lowest BCUT2D eigenvalue weighted by Crippen LogP contribution is -2.29. The van der Waals surface area contributed by atoms with Gasteiger partial charge < -0.3 is 10.2 Å². The monoisotopic (exact) mass is 440 g/mol. The van der Waals surface area contributed by atoms with Crippen molar-refractivity contribution < 1.29 is 19.8 Å². The lowest BCUT2D eigenvalue weighted by molar-refractivity contribution is -0.132. The van der Waals surface area contributed by atoms with Crippen molar-refractivity contribution in [1.29, 1.82) is 0 Å². The van der Waals surface area contributed by atoms with Gasteiger partial charge in [0.05, 0.1) is 17.3 Å². The number of anilines is 1. The van der Waals surface area contributed by atoms with Gasteiger partial charge in [-0.05, 0) is 55.8 Å². The Bertz CT molecular complexity index is 1180. The number of thiazole rings is 1. The quantitative estimate of drug-likeness (QED) is 0.348. The number of amides is 1. The molecular weight excluding hydrogens is 424 g/mol. The molecule has 6 nitrogen and oxygen atoms in total. The maximum Gasteiger partial charge on any atom is 0.301 e. The van der Waals surface area contributed by atoms with Crippen molar-refractivity contribution in [2.45, 2.75) is 19.9 Å². The number of carbonyl (C=O) groups is 2. The maximum absolute atomic E-state index is 13.0. The number of aryl methyl sites for hydroxylation is 2. The summed E-state index contributed by atoms with van der Waals surface area (Å²) in [7, 11) is 0. The third kappa shape index (κ3) is 3.36. The molecule has 0 aliphatic carbocycles. The molecule has 2 heterocycles. The standard InChI is InChI=1S/C22H17ClN2O4S/c1-11-12(2)30-22(24-11)25-18(14-4-3-5-16(26)10-14)17(20(28)21(25)29)19(27)13-6-8-15(23)9-7-13/h3-10,18,26-27H,1-2H3/b19-17+. The van der Waals surface area contributed by atoms with E-state index in [9.17, 15) is 19.8 Å². The highest BCUT2D eigenvalue weighted by Crippen LogP contribution is 2.44. The number of rotatable bonds is 3. The van der Waals surface area contributed by atoms with Crippen molar-refractivity contribution in [2.24, 2.45) is 0 Å². The highest BCUT2D eigenvalue weighted by atomic mass is 35.5. The number of hydrogen-bond acceptors (Lipinski definition) is 6. The number of nitrogens with zero attached hydrogens (tertiary/aromatic N) is 2. The van der Waals surface area contributed by atoms with Gasteiger partial charge in [-0.15, -0.1) is 11.3 Å². The van der Waals surface area contributed by atoms with Crippen LogP contribution in [-0.2, 0) is 9.59 Å². The summed E-state index contributed by atoms with van der Waals surface area (Å²) < 4.78 is 0. The van der Waals surface area contributed by atoms with Gasteiger partial charge in [0.15, 0.2) is 5.13 Å². The normalized spacial score (nSPS) is 18.2. The predicted octanol–water partition coefficient (Wildman–Crippen LogP) is 4.75. The van der Waals surface area contributed by atoms with Gasteiger partial charge in [-0.1, -0.05) is 23.7 Å². The highest BCUT2D eigenvalue weighted by Gasteiger charge is 2.48. The molecular formula is C22H17ClN2O4S. The molecule has 0 saturated carbocycles. The first kappa shape index (κ1) is 20.1. The number of aromatic nitrogens is 1. The summed E-state index contributed by atoms with van der Waals surface area (Å²) in [6.07, 6.45) is 0.